The third-order valence-corrected chi connectivity index (χ3v) is 18.7. The first-order chi connectivity index (χ1) is 44.1. The lowest BCUT2D eigenvalue weighted by molar-refractivity contribution is -0.161. The molecule has 0 aromatic heterocycles. The molecule has 0 aliphatic rings. The zero-order chi connectivity index (χ0) is 68.2. The first-order valence-electron chi connectivity index (χ1n) is 37.7. The number of phosphoric ester groups is 2. The fraction of sp³-hybridized carbons (Fsp3) is 0.945. The van der Waals surface area contributed by atoms with Gasteiger partial charge in [-0.2, -0.15) is 0 Å². The number of hydrogen-bond donors (Lipinski definition) is 3. The Morgan fingerprint density at radius 2 is 0.457 bits per heavy atom. The summed E-state index contributed by atoms with van der Waals surface area (Å²) >= 11 is 0. The minimum Gasteiger partial charge on any atom is -0.462 e. The van der Waals surface area contributed by atoms with Gasteiger partial charge in [0.1, 0.15) is 19.3 Å². The van der Waals surface area contributed by atoms with Crippen molar-refractivity contribution in [1.29, 1.82) is 0 Å². The van der Waals surface area contributed by atoms with Gasteiger partial charge < -0.3 is 33.8 Å². The van der Waals surface area contributed by atoms with Crippen LogP contribution in [0.25, 0.3) is 0 Å². The van der Waals surface area contributed by atoms with E-state index in [0.717, 1.165) is 108 Å². The van der Waals surface area contributed by atoms with Gasteiger partial charge >= 0.3 is 39.5 Å². The lowest BCUT2D eigenvalue weighted by atomic mass is 10.0. The first kappa shape index (κ1) is 90.1. The Morgan fingerprint density at radius 3 is 0.674 bits per heavy atom. The second-order valence-electron chi connectivity index (χ2n) is 28.2. The zero-order valence-corrected chi connectivity index (χ0v) is 62.0. The molecule has 0 heterocycles. The molecule has 0 aliphatic carbocycles. The normalized spacial score (nSPS) is 14.2. The highest BCUT2D eigenvalue weighted by Crippen LogP contribution is 2.45. The Hall–Kier alpha value is -1.94. The predicted octanol–water partition coefficient (Wildman–Crippen LogP) is 20.9. The number of unbranched alkanes of at least 4 members (excludes halogenated alkanes) is 36. The molecule has 0 saturated heterocycles. The fourth-order valence-corrected chi connectivity index (χ4v) is 12.6. The number of carbonyl (C=O) groups excluding carboxylic acids is 4. The molecule has 3 N–H and O–H groups in total. The summed E-state index contributed by atoms with van der Waals surface area (Å²) in [6.07, 6.45) is 46.0. The number of carbonyl (C=O) groups is 4. The zero-order valence-electron chi connectivity index (χ0n) is 60.2. The quantitative estimate of drug-likeness (QED) is 0.0222. The maximum absolute atomic E-state index is 13.0. The monoisotopic (exact) mass is 1350 g/mol. The highest BCUT2D eigenvalue weighted by atomic mass is 31.2. The molecule has 0 amide bonds. The van der Waals surface area contributed by atoms with Crippen molar-refractivity contribution in [2.24, 2.45) is 23.7 Å². The lowest BCUT2D eigenvalue weighted by Crippen LogP contribution is -2.30. The molecule has 19 heteroatoms. The predicted molar refractivity (Wildman–Crippen MR) is 372 cm³/mol. The Kier molecular flexibility index (Phi) is 61.3. The van der Waals surface area contributed by atoms with Gasteiger partial charge in [0.2, 0.25) is 0 Å². The summed E-state index contributed by atoms with van der Waals surface area (Å²) < 4.78 is 68.4. The third kappa shape index (κ3) is 66.7. The first-order valence-corrected chi connectivity index (χ1v) is 40.7. The van der Waals surface area contributed by atoms with Crippen LogP contribution >= 0.6 is 15.6 Å². The van der Waals surface area contributed by atoms with Crippen LogP contribution in [0.3, 0.4) is 0 Å². The van der Waals surface area contributed by atoms with E-state index >= 15 is 0 Å². The van der Waals surface area contributed by atoms with Gasteiger partial charge in [0.25, 0.3) is 0 Å². The van der Waals surface area contributed by atoms with Crippen LogP contribution in [0.5, 0.6) is 0 Å². The molecule has 0 bridgehead atoms. The van der Waals surface area contributed by atoms with E-state index in [9.17, 15) is 43.2 Å². The van der Waals surface area contributed by atoms with Crippen LogP contribution in [-0.2, 0) is 65.4 Å². The number of hydrogen-bond acceptors (Lipinski definition) is 15. The van der Waals surface area contributed by atoms with Gasteiger partial charge in [-0.15, -0.1) is 0 Å². The largest absolute Gasteiger partial charge is 0.472 e. The Balaban J connectivity index is 5.21. The topological polar surface area (TPSA) is 237 Å². The van der Waals surface area contributed by atoms with Crippen molar-refractivity contribution in [3.05, 3.63) is 0 Å². The molecule has 3 unspecified atom stereocenters. The summed E-state index contributed by atoms with van der Waals surface area (Å²) in [5, 5.41) is 10.6. The molecular weight excluding hydrogens is 1210 g/mol. The maximum atomic E-state index is 13.0. The molecule has 0 rings (SSSR count). The van der Waals surface area contributed by atoms with Crippen molar-refractivity contribution in [2.45, 2.75) is 382 Å². The van der Waals surface area contributed by atoms with Crippen LogP contribution in [0.1, 0.15) is 364 Å². The molecule has 0 fully saturated rings. The van der Waals surface area contributed by atoms with Crippen LogP contribution in [-0.4, -0.2) is 96.7 Å². The van der Waals surface area contributed by atoms with Gasteiger partial charge in [-0.3, -0.25) is 37.3 Å². The lowest BCUT2D eigenvalue weighted by Gasteiger charge is -2.21. The Bertz CT molecular complexity index is 1820. The van der Waals surface area contributed by atoms with Crippen molar-refractivity contribution >= 4 is 39.5 Å². The summed E-state index contributed by atoms with van der Waals surface area (Å²) in [5.74, 6) is 0.850. The molecule has 17 nitrogen and oxygen atoms in total. The van der Waals surface area contributed by atoms with Crippen molar-refractivity contribution in [3.63, 3.8) is 0 Å². The maximum Gasteiger partial charge on any atom is 0.472 e. The van der Waals surface area contributed by atoms with Gasteiger partial charge in [0.15, 0.2) is 12.2 Å². The molecule has 546 valence electrons. The van der Waals surface area contributed by atoms with Crippen molar-refractivity contribution in [3.8, 4) is 0 Å². The molecule has 0 aromatic rings. The molecule has 0 aromatic carbocycles. The summed E-state index contributed by atoms with van der Waals surface area (Å²) in [6.45, 7) is 14.1. The molecule has 0 radical (unpaired) electrons. The van der Waals surface area contributed by atoms with Gasteiger partial charge in [-0.25, -0.2) is 9.13 Å². The summed E-state index contributed by atoms with van der Waals surface area (Å²) in [7, 11) is -9.91. The minimum atomic E-state index is -4.95. The molecule has 0 aliphatic heterocycles. The summed E-state index contributed by atoms with van der Waals surface area (Å²) in [5.41, 5.74) is 0. The van der Waals surface area contributed by atoms with E-state index in [-0.39, 0.29) is 25.7 Å². The minimum absolute atomic E-state index is 0.103. The number of aliphatic hydroxyl groups is 1. The molecule has 5 atom stereocenters. The van der Waals surface area contributed by atoms with Crippen LogP contribution in [0.15, 0.2) is 0 Å². The number of esters is 4. The average molecular weight is 1350 g/mol. The number of ether oxygens (including phenoxy) is 4. The number of aliphatic hydroxyl groups excluding tert-OH is 1. The standard InChI is InChI=1S/C73H142O17P2/c1-63(2)49-41-33-25-19-15-11-9-10-12-18-22-30-39-47-55-72(77)89-68(60-84-71(76)54-46-38-31-23-27-35-43-51-65(5)6)61-87-91(79,80)85-57-67(74)58-86-92(81,82)88-62-69(90-73(78)56-48-40-32-24-28-36-44-52-66(7)8)59-83-70(75)53-45-37-29-21-17-14-13-16-20-26-34-42-50-64(3)4/h63-69,74H,9-62H2,1-8H3,(H,79,80)(H,81,82)/t67?,68-,69-/m1/s1. The Morgan fingerprint density at radius 1 is 0.272 bits per heavy atom. The molecule has 92 heavy (non-hydrogen) atoms. The summed E-state index contributed by atoms with van der Waals surface area (Å²) in [4.78, 5) is 72.6. The van der Waals surface area contributed by atoms with E-state index in [2.05, 4.69) is 55.4 Å². The van der Waals surface area contributed by atoms with Crippen molar-refractivity contribution < 1.29 is 80.2 Å². The Labute approximate surface area is 562 Å². The average Bonchev–Trinajstić information content (AvgIpc) is 2.43. The third-order valence-electron chi connectivity index (χ3n) is 16.8. The van der Waals surface area contributed by atoms with E-state index in [1.807, 2.05) is 0 Å². The molecule has 0 spiro atoms. The highest BCUT2D eigenvalue weighted by molar-refractivity contribution is 7.47. The number of rotatable bonds is 70. The highest BCUT2D eigenvalue weighted by Gasteiger charge is 2.30. The number of phosphoric acid groups is 2. The van der Waals surface area contributed by atoms with E-state index in [4.69, 9.17) is 37.0 Å². The van der Waals surface area contributed by atoms with Crippen LogP contribution in [0, 0.1) is 23.7 Å². The molecular formula is C73H142O17P2. The van der Waals surface area contributed by atoms with Crippen molar-refractivity contribution in [1.82, 2.24) is 0 Å². The second kappa shape index (κ2) is 62.6. The van der Waals surface area contributed by atoms with E-state index in [1.165, 1.54) is 161 Å². The van der Waals surface area contributed by atoms with Gasteiger partial charge in [-0.05, 0) is 49.4 Å². The van der Waals surface area contributed by atoms with Gasteiger partial charge in [0.05, 0.1) is 26.4 Å². The second-order valence-corrected chi connectivity index (χ2v) is 31.1. The smallest absolute Gasteiger partial charge is 0.462 e. The van der Waals surface area contributed by atoms with Crippen LogP contribution in [0.2, 0.25) is 0 Å². The summed E-state index contributed by atoms with van der Waals surface area (Å²) in [6, 6.07) is 0. The van der Waals surface area contributed by atoms with E-state index in [1.54, 1.807) is 0 Å². The molecule has 0 saturated carbocycles. The fourth-order valence-electron chi connectivity index (χ4n) is 11.0. The van der Waals surface area contributed by atoms with E-state index in [0.29, 0.717) is 37.5 Å². The van der Waals surface area contributed by atoms with Crippen LogP contribution < -0.4 is 0 Å². The van der Waals surface area contributed by atoms with Crippen molar-refractivity contribution in [2.75, 3.05) is 39.6 Å². The van der Waals surface area contributed by atoms with E-state index < -0.39 is 97.5 Å². The van der Waals surface area contributed by atoms with Gasteiger partial charge in [0, 0.05) is 25.7 Å². The van der Waals surface area contributed by atoms with Crippen LogP contribution in [0.4, 0.5) is 0 Å². The SMILES string of the molecule is CC(C)CCCCCCCCCCCCCCCCC(=O)O[C@H](COC(=O)CCCCCCCCCC(C)C)COP(=O)(O)OCC(O)COP(=O)(O)OC[C@@H](COC(=O)CCCCCCCCCCCCCCC(C)C)OC(=O)CCCCCCCCCC(C)C. The van der Waals surface area contributed by atoms with Gasteiger partial charge in [-0.1, -0.05) is 312 Å².